The zero-order chi connectivity index (χ0) is 27.0. The van der Waals surface area contributed by atoms with E-state index in [0.29, 0.717) is 11.7 Å². The Kier molecular flexibility index (Phi) is 6.03. The van der Waals surface area contributed by atoms with Crippen LogP contribution >= 0.6 is 0 Å². The van der Waals surface area contributed by atoms with E-state index in [-0.39, 0.29) is 46.6 Å². The van der Waals surface area contributed by atoms with Crippen molar-refractivity contribution in [1.82, 2.24) is 0 Å². The van der Waals surface area contributed by atoms with Crippen LogP contribution in [0.25, 0.3) is 0 Å². The fourth-order valence-electron chi connectivity index (χ4n) is 9.57. The second-order valence-electron chi connectivity index (χ2n) is 13.6. The van der Waals surface area contributed by atoms with Gasteiger partial charge in [0.05, 0.1) is 6.61 Å². The molecule has 3 fully saturated rings. The number of fused-ring (bicyclic) bond motifs is 7. The molecule has 202 valence electrons. The van der Waals surface area contributed by atoms with Gasteiger partial charge in [-0.25, -0.2) is 0 Å². The molecule has 0 spiro atoms. The average molecular weight is 508 g/mol. The Morgan fingerprint density at radius 2 is 1.78 bits per heavy atom. The number of rotatable bonds is 5. The Morgan fingerprint density at radius 1 is 1.08 bits per heavy atom. The lowest BCUT2D eigenvalue weighted by atomic mass is 9.33. The number of aliphatic hydroxyl groups is 1. The summed E-state index contributed by atoms with van der Waals surface area (Å²) in [5.74, 6) is 0.549. The summed E-state index contributed by atoms with van der Waals surface area (Å²) < 4.78 is 5.66. The van der Waals surface area contributed by atoms with E-state index in [1.54, 1.807) is 6.08 Å². The predicted molar refractivity (Wildman–Crippen MR) is 145 cm³/mol. The Morgan fingerprint density at radius 3 is 2.43 bits per heavy atom. The van der Waals surface area contributed by atoms with Crippen LogP contribution in [0, 0.1) is 33.0 Å². The summed E-state index contributed by atoms with van der Waals surface area (Å²) in [6.45, 7) is 13.7. The van der Waals surface area contributed by atoms with Crippen LogP contribution in [-0.4, -0.2) is 30.0 Å². The molecule has 3 N–H and O–H groups in total. The van der Waals surface area contributed by atoms with Gasteiger partial charge < -0.3 is 15.6 Å². The first-order chi connectivity index (χ1) is 17.3. The molecule has 5 heteroatoms. The summed E-state index contributed by atoms with van der Waals surface area (Å²) in [5, 5.41) is 9.22. The van der Waals surface area contributed by atoms with Crippen LogP contribution in [-0.2, 0) is 14.3 Å². The molecule has 37 heavy (non-hydrogen) atoms. The highest BCUT2D eigenvalue weighted by Gasteiger charge is 2.68. The van der Waals surface area contributed by atoms with Gasteiger partial charge in [-0.2, -0.15) is 0 Å². The van der Waals surface area contributed by atoms with Gasteiger partial charge >= 0.3 is 0 Å². The SMILES string of the molecule is CC[C@@]12CC[C@@]3(C)C4=CC(=O)C(OCCO)=C(C)C4=CC=C3[C@@]1(C)CC[C@@]1(C)CC[C@@](C)(C(N)=O)C[C@H]12. The zero-order valence-corrected chi connectivity index (χ0v) is 23.6. The number of ether oxygens (including phenoxy) is 1. The minimum Gasteiger partial charge on any atom is -0.487 e. The third-order valence-electron chi connectivity index (χ3n) is 12.1. The predicted octanol–water partition coefficient (Wildman–Crippen LogP) is 5.94. The van der Waals surface area contributed by atoms with Crippen LogP contribution in [0.3, 0.4) is 0 Å². The van der Waals surface area contributed by atoms with Crippen molar-refractivity contribution < 1.29 is 19.4 Å². The lowest BCUT2D eigenvalue weighted by molar-refractivity contribution is -0.176. The summed E-state index contributed by atoms with van der Waals surface area (Å²) >= 11 is 0. The first kappa shape index (κ1) is 26.5. The molecule has 5 aliphatic rings. The number of ketones is 1. The lowest BCUT2D eigenvalue weighted by Gasteiger charge is -2.71. The molecule has 6 atom stereocenters. The Labute approximate surface area is 222 Å². The number of hydrogen-bond acceptors (Lipinski definition) is 4. The monoisotopic (exact) mass is 507 g/mol. The van der Waals surface area contributed by atoms with Crippen molar-refractivity contribution in [1.29, 1.82) is 0 Å². The van der Waals surface area contributed by atoms with Crippen LogP contribution in [0.4, 0.5) is 0 Å². The molecule has 5 rings (SSSR count). The maximum atomic E-state index is 13.2. The van der Waals surface area contributed by atoms with E-state index in [1.807, 2.05) is 6.92 Å². The molecule has 0 aliphatic heterocycles. The smallest absolute Gasteiger partial charge is 0.223 e. The molecule has 0 radical (unpaired) electrons. The van der Waals surface area contributed by atoms with Crippen LogP contribution in [0.1, 0.15) is 92.9 Å². The average Bonchev–Trinajstić information content (AvgIpc) is 2.85. The highest BCUT2D eigenvalue weighted by molar-refractivity contribution is 6.07. The summed E-state index contributed by atoms with van der Waals surface area (Å²) in [4.78, 5) is 25.8. The van der Waals surface area contributed by atoms with E-state index >= 15 is 0 Å². The third-order valence-corrected chi connectivity index (χ3v) is 12.1. The van der Waals surface area contributed by atoms with E-state index in [9.17, 15) is 14.7 Å². The minimum absolute atomic E-state index is 0.0218. The van der Waals surface area contributed by atoms with Gasteiger partial charge in [-0.3, -0.25) is 9.59 Å². The number of carbonyl (C=O) groups excluding carboxylic acids is 2. The van der Waals surface area contributed by atoms with E-state index in [4.69, 9.17) is 10.5 Å². The first-order valence-electron chi connectivity index (χ1n) is 14.3. The quantitative estimate of drug-likeness (QED) is 0.482. The summed E-state index contributed by atoms with van der Waals surface area (Å²) in [5.41, 5.74) is 10.2. The van der Waals surface area contributed by atoms with Crippen molar-refractivity contribution in [2.45, 2.75) is 92.9 Å². The molecule has 0 saturated heterocycles. The van der Waals surface area contributed by atoms with Gasteiger partial charge in [0.15, 0.2) is 5.76 Å². The van der Waals surface area contributed by atoms with Gasteiger partial charge in [0.25, 0.3) is 0 Å². The van der Waals surface area contributed by atoms with Crippen molar-refractivity contribution in [2.75, 3.05) is 13.2 Å². The van der Waals surface area contributed by atoms with Crippen LogP contribution in [0.15, 0.2) is 46.3 Å². The van der Waals surface area contributed by atoms with Crippen molar-refractivity contribution in [2.24, 2.45) is 38.7 Å². The zero-order valence-electron chi connectivity index (χ0n) is 23.6. The van der Waals surface area contributed by atoms with Gasteiger partial charge in [-0.1, -0.05) is 52.3 Å². The normalized spacial score (nSPS) is 42.9. The van der Waals surface area contributed by atoms with Crippen molar-refractivity contribution in [3.63, 3.8) is 0 Å². The largest absolute Gasteiger partial charge is 0.487 e. The first-order valence-corrected chi connectivity index (χ1v) is 14.3. The molecule has 5 nitrogen and oxygen atoms in total. The van der Waals surface area contributed by atoms with Crippen LogP contribution in [0.2, 0.25) is 0 Å². The molecule has 0 heterocycles. The summed E-state index contributed by atoms with van der Waals surface area (Å²) in [6, 6.07) is 0. The van der Waals surface area contributed by atoms with E-state index in [0.717, 1.165) is 68.1 Å². The second kappa shape index (κ2) is 8.43. The molecule has 5 aliphatic carbocycles. The maximum absolute atomic E-state index is 13.2. The Hall–Kier alpha value is -2.14. The van der Waals surface area contributed by atoms with Gasteiger partial charge in [-0.15, -0.1) is 0 Å². The molecule has 3 saturated carbocycles. The molecule has 0 aromatic carbocycles. The van der Waals surface area contributed by atoms with Gasteiger partial charge in [0.2, 0.25) is 11.7 Å². The number of carbonyl (C=O) groups is 2. The number of hydrogen-bond donors (Lipinski definition) is 2. The van der Waals surface area contributed by atoms with Crippen molar-refractivity contribution >= 4 is 11.7 Å². The summed E-state index contributed by atoms with van der Waals surface area (Å²) in [7, 11) is 0. The Bertz CT molecular complexity index is 1180. The molecule has 0 aromatic heterocycles. The number of amides is 1. The highest BCUT2D eigenvalue weighted by atomic mass is 16.5. The van der Waals surface area contributed by atoms with Crippen LogP contribution < -0.4 is 5.73 Å². The summed E-state index contributed by atoms with van der Waals surface area (Å²) in [6.07, 6.45) is 14.6. The Balaban J connectivity index is 1.63. The van der Waals surface area contributed by atoms with E-state index in [2.05, 4.69) is 46.8 Å². The standard InChI is InChI=1S/C32H45NO4/c1-7-32-15-13-30(5)22-18-23(35)26(37-17-16-34)20(2)21(22)8-9-24(30)31(32,6)14-12-28(3)10-11-29(4,27(33)36)19-25(28)32/h8-9,18,25,34H,7,10-17,19H2,1-6H3,(H2,33,36)/t25-,28-,29-,30+,31-,32+/m1/s1. The van der Waals surface area contributed by atoms with Gasteiger partial charge in [0.1, 0.15) is 6.61 Å². The highest BCUT2D eigenvalue weighted by Crippen LogP contribution is 2.76. The number of nitrogens with two attached hydrogens (primary N) is 1. The third kappa shape index (κ3) is 3.38. The molecule has 0 bridgehead atoms. The van der Waals surface area contributed by atoms with E-state index in [1.165, 1.54) is 5.57 Å². The number of primary amides is 1. The number of aliphatic hydroxyl groups excluding tert-OH is 1. The topological polar surface area (TPSA) is 89.6 Å². The van der Waals surface area contributed by atoms with Gasteiger partial charge in [-0.05, 0) is 97.7 Å². The number of allylic oxidation sites excluding steroid dienone is 7. The lowest BCUT2D eigenvalue weighted by Crippen LogP contribution is -2.63. The molecule has 0 aromatic rings. The van der Waals surface area contributed by atoms with E-state index < -0.39 is 5.41 Å². The van der Waals surface area contributed by atoms with Gasteiger partial charge in [0, 0.05) is 16.4 Å². The molecular formula is C32H45NO4. The second-order valence-corrected chi connectivity index (χ2v) is 13.6. The minimum atomic E-state index is -0.440. The fraction of sp³-hybridized carbons (Fsp3) is 0.688. The fourth-order valence-corrected chi connectivity index (χ4v) is 9.57. The maximum Gasteiger partial charge on any atom is 0.223 e. The molecular weight excluding hydrogens is 462 g/mol. The molecule has 1 amide bonds. The van der Waals surface area contributed by atoms with Crippen molar-refractivity contribution in [3.8, 4) is 0 Å². The van der Waals surface area contributed by atoms with Crippen LogP contribution in [0.5, 0.6) is 0 Å². The molecule has 0 unspecified atom stereocenters. The van der Waals surface area contributed by atoms with Crippen molar-refractivity contribution in [3.05, 3.63) is 46.3 Å².